The summed E-state index contributed by atoms with van der Waals surface area (Å²) in [5.41, 5.74) is 7.91. The van der Waals surface area contributed by atoms with Crippen LogP contribution in [0.15, 0.2) is 59.6 Å². The van der Waals surface area contributed by atoms with Crippen molar-refractivity contribution in [2.45, 2.75) is 13.3 Å². The lowest BCUT2D eigenvalue weighted by Crippen LogP contribution is -2.23. The highest BCUT2D eigenvalue weighted by molar-refractivity contribution is 14.0. The van der Waals surface area contributed by atoms with E-state index >= 15 is 0 Å². The number of benzene rings is 2. The van der Waals surface area contributed by atoms with Crippen LogP contribution in [-0.2, 0) is 0 Å². The molecule has 0 aliphatic carbocycles. The number of nitrogens with one attached hydrogen (secondary N) is 1. The fourth-order valence-electron chi connectivity index (χ4n) is 1.87. The Morgan fingerprint density at radius 3 is 2.50 bits per heavy atom. The van der Waals surface area contributed by atoms with E-state index < -0.39 is 0 Å². The summed E-state index contributed by atoms with van der Waals surface area (Å²) in [6, 6.07) is 17.7. The molecular formula is C17H22IN3O. The minimum atomic E-state index is 0. The molecule has 0 unspecified atom stereocenters. The molecule has 0 spiro atoms. The van der Waals surface area contributed by atoms with Gasteiger partial charge in [0.15, 0.2) is 5.96 Å². The molecule has 22 heavy (non-hydrogen) atoms. The molecule has 0 saturated carbocycles. The maximum Gasteiger partial charge on any atom is 0.193 e. The molecule has 2 aromatic carbocycles. The second kappa shape index (κ2) is 10.0. The summed E-state index contributed by atoms with van der Waals surface area (Å²) in [4.78, 5) is 4.28. The third-order valence-corrected chi connectivity index (χ3v) is 2.98. The number of hydrogen-bond donors (Lipinski definition) is 2. The van der Waals surface area contributed by atoms with Crippen molar-refractivity contribution >= 4 is 35.6 Å². The Morgan fingerprint density at radius 1 is 1.09 bits per heavy atom. The van der Waals surface area contributed by atoms with Crippen molar-refractivity contribution < 1.29 is 4.74 Å². The van der Waals surface area contributed by atoms with Gasteiger partial charge in [0, 0.05) is 18.7 Å². The van der Waals surface area contributed by atoms with E-state index in [4.69, 9.17) is 10.5 Å². The minimum absolute atomic E-state index is 0. The van der Waals surface area contributed by atoms with Gasteiger partial charge in [0.2, 0.25) is 0 Å². The lowest BCUT2D eigenvalue weighted by atomic mass is 10.2. The van der Waals surface area contributed by atoms with Crippen LogP contribution < -0.4 is 15.8 Å². The van der Waals surface area contributed by atoms with Crippen molar-refractivity contribution in [2.24, 2.45) is 10.7 Å². The van der Waals surface area contributed by atoms with Crippen molar-refractivity contribution in [3.8, 4) is 5.75 Å². The number of aliphatic imine (C=N–C) groups is 1. The summed E-state index contributed by atoms with van der Waals surface area (Å²) in [6.07, 6.45) is 0.825. The predicted octanol–water partition coefficient (Wildman–Crippen LogP) is 3.81. The highest BCUT2D eigenvalue weighted by Gasteiger charge is 1.97. The Hall–Kier alpha value is -1.76. The topological polar surface area (TPSA) is 59.6 Å². The average Bonchev–Trinajstić information content (AvgIpc) is 2.50. The standard InChI is InChI=1S/C17H21N3O.HI/c1-14-8-5-6-11-16(14)21-13-7-12-19-17(18)20-15-9-3-2-4-10-15;/h2-6,8-11H,7,12-13H2,1H3,(H3,18,19,20);1H. The van der Waals surface area contributed by atoms with E-state index in [9.17, 15) is 0 Å². The molecule has 0 saturated heterocycles. The van der Waals surface area contributed by atoms with E-state index in [1.165, 1.54) is 0 Å². The highest BCUT2D eigenvalue weighted by atomic mass is 127. The van der Waals surface area contributed by atoms with Gasteiger partial charge >= 0.3 is 0 Å². The van der Waals surface area contributed by atoms with E-state index in [1.807, 2.05) is 61.5 Å². The van der Waals surface area contributed by atoms with Crippen LogP contribution in [0, 0.1) is 6.92 Å². The van der Waals surface area contributed by atoms with Crippen molar-refractivity contribution in [1.82, 2.24) is 0 Å². The number of nitrogens with zero attached hydrogens (tertiary/aromatic N) is 1. The zero-order valence-electron chi connectivity index (χ0n) is 12.7. The molecule has 2 aromatic rings. The van der Waals surface area contributed by atoms with E-state index in [0.29, 0.717) is 19.1 Å². The first kappa shape index (κ1) is 18.3. The molecule has 0 aliphatic rings. The molecule has 0 radical (unpaired) electrons. The summed E-state index contributed by atoms with van der Waals surface area (Å²) in [5, 5.41) is 3.05. The number of guanidine groups is 1. The molecule has 4 nitrogen and oxygen atoms in total. The molecule has 2 rings (SSSR count). The van der Waals surface area contributed by atoms with Gasteiger partial charge in [-0.3, -0.25) is 4.99 Å². The smallest absolute Gasteiger partial charge is 0.193 e. The second-order valence-electron chi connectivity index (χ2n) is 4.73. The highest BCUT2D eigenvalue weighted by Crippen LogP contribution is 2.16. The number of nitrogens with two attached hydrogens (primary N) is 1. The van der Waals surface area contributed by atoms with Crippen LogP contribution in [0.5, 0.6) is 5.75 Å². The average molecular weight is 411 g/mol. The first-order valence-electron chi connectivity index (χ1n) is 7.06. The summed E-state index contributed by atoms with van der Waals surface area (Å²) < 4.78 is 5.71. The fourth-order valence-corrected chi connectivity index (χ4v) is 1.87. The quantitative estimate of drug-likeness (QED) is 0.329. The van der Waals surface area contributed by atoms with E-state index in [2.05, 4.69) is 10.3 Å². The molecule has 0 amide bonds. The Balaban J connectivity index is 0.00000242. The van der Waals surface area contributed by atoms with Crippen molar-refractivity contribution in [3.05, 3.63) is 60.2 Å². The second-order valence-corrected chi connectivity index (χ2v) is 4.73. The molecule has 0 bridgehead atoms. The predicted molar refractivity (Wildman–Crippen MR) is 103 cm³/mol. The molecule has 0 fully saturated rings. The van der Waals surface area contributed by atoms with Crippen LogP contribution in [0.3, 0.4) is 0 Å². The number of rotatable bonds is 6. The van der Waals surface area contributed by atoms with Gasteiger partial charge in [-0.2, -0.15) is 0 Å². The largest absolute Gasteiger partial charge is 0.493 e. The number of halogens is 1. The SMILES string of the molecule is Cc1ccccc1OCCCN=C(N)Nc1ccccc1.I. The monoisotopic (exact) mass is 411 g/mol. The minimum Gasteiger partial charge on any atom is -0.493 e. The van der Waals surface area contributed by atoms with Gasteiger partial charge in [-0.1, -0.05) is 36.4 Å². The van der Waals surface area contributed by atoms with Crippen LogP contribution in [0.2, 0.25) is 0 Å². The van der Waals surface area contributed by atoms with Gasteiger partial charge < -0.3 is 15.8 Å². The zero-order valence-corrected chi connectivity index (χ0v) is 15.0. The number of ether oxygens (including phenoxy) is 1. The molecule has 3 N–H and O–H groups in total. The third-order valence-electron chi connectivity index (χ3n) is 2.98. The van der Waals surface area contributed by atoms with Crippen LogP contribution in [-0.4, -0.2) is 19.1 Å². The van der Waals surface area contributed by atoms with E-state index in [1.54, 1.807) is 0 Å². The van der Waals surface area contributed by atoms with Crippen LogP contribution in [0.4, 0.5) is 5.69 Å². The summed E-state index contributed by atoms with van der Waals surface area (Å²) in [5.74, 6) is 1.36. The molecule has 0 atom stereocenters. The van der Waals surface area contributed by atoms with E-state index in [0.717, 1.165) is 23.4 Å². The van der Waals surface area contributed by atoms with Gasteiger partial charge in [0.05, 0.1) is 6.61 Å². The third kappa shape index (κ3) is 6.34. The lowest BCUT2D eigenvalue weighted by molar-refractivity contribution is 0.311. The molecule has 0 aliphatic heterocycles. The first-order chi connectivity index (χ1) is 10.3. The van der Waals surface area contributed by atoms with Gasteiger partial charge in [0.25, 0.3) is 0 Å². The maximum absolute atomic E-state index is 5.82. The molecular weight excluding hydrogens is 389 g/mol. The van der Waals surface area contributed by atoms with Gasteiger partial charge in [0.1, 0.15) is 5.75 Å². The Morgan fingerprint density at radius 2 is 1.77 bits per heavy atom. The van der Waals surface area contributed by atoms with Crippen LogP contribution in [0.1, 0.15) is 12.0 Å². The lowest BCUT2D eigenvalue weighted by Gasteiger charge is -2.08. The summed E-state index contributed by atoms with van der Waals surface area (Å²) in [7, 11) is 0. The molecule has 118 valence electrons. The van der Waals surface area contributed by atoms with Crippen LogP contribution >= 0.6 is 24.0 Å². The van der Waals surface area contributed by atoms with Crippen molar-refractivity contribution in [3.63, 3.8) is 0 Å². The number of para-hydroxylation sites is 2. The Labute approximate surface area is 148 Å². The van der Waals surface area contributed by atoms with Crippen LogP contribution in [0.25, 0.3) is 0 Å². The van der Waals surface area contributed by atoms with Crippen molar-refractivity contribution in [2.75, 3.05) is 18.5 Å². The summed E-state index contributed by atoms with van der Waals surface area (Å²) >= 11 is 0. The number of hydrogen-bond acceptors (Lipinski definition) is 2. The first-order valence-corrected chi connectivity index (χ1v) is 7.06. The van der Waals surface area contributed by atoms with E-state index in [-0.39, 0.29) is 24.0 Å². The maximum atomic E-state index is 5.82. The number of aryl methyl sites for hydroxylation is 1. The fraction of sp³-hybridized carbons (Fsp3) is 0.235. The Bertz CT molecular complexity index is 587. The molecule has 5 heteroatoms. The number of anilines is 1. The van der Waals surface area contributed by atoms with Gasteiger partial charge in [-0.25, -0.2) is 0 Å². The zero-order chi connectivity index (χ0) is 14.9. The Kier molecular flexibility index (Phi) is 8.35. The van der Waals surface area contributed by atoms with Gasteiger partial charge in [-0.05, 0) is 30.7 Å². The van der Waals surface area contributed by atoms with Gasteiger partial charge in [-0.15, -0.1) is 24.0 Å². The molecule has 0 heterocycles. The molecule has 0 aromatic heterocycles. The summed E-state index contributed by atoms with van der Waals surface area (Å²) in [6.45, 7) is 3.31. The van der Waals surface area contributed by atoms with Crippen molar-refractivity contribution in [1.29, 1.82) is 0 Å². The normalized spacial score (nSPS) is 10.7.